The summed E-state index contributed by atoms with van der Waals surface area (Å²) < 4.78 is 51.9. The van der Waals surface area contributed by atoms with Crippen LogP contribution in [0.25, 0.3) is 10.9 Å². The quantitative estimate of drug-likeness (QED) is 0.676. The summed E-state index contributed by atoms with van der Waals surface area (Å²) in [6.45, 7) is 11.6. The van der Waals surface area contributed by atoms with E-state index in [2.05, 4.69) is 17.1 Å². The number of benzene rings is 1. The third-order valence-electron chi connectivity index (χ3n) is 4.95. The van der Waals surface area contributed by atoms with E-state index in [-0.39, 0.29) is 5.92 Å². The first kappa shape index (κ1) is 18.3. The molecular weight excluding hydrogens is 332 g/mol. The number of hydrogen-bond donors (Lipinski definition) is 1. The molecule has 1 aromatic heterocycles. The standard InChI is InChI=1S/C17H21BF3N2O2/c1-10(2)8-16(5)15(3,4)24-18(25-16)13-6-11(17(19,20)21)7-14-12(13)9-22-23-14/h6-7,9-10H,1,8H2,2-5H3,(H,22,23)/q-1. The molecule has 0 radical (unpaired) electrons. The van der Waals surface area contributed by atoms with Crippen LogP contribution in [0.1, 0.15) is 39.7 Å². The third-order valence-corrected chi connectivity index (χ3v) is 4.95. The van der Waals surface area contributed by atoms with Crippen molar-refractivity contribution in [3.05, 3.63) is 30.8 Å². The van der Waals surface area contributed by atoms with Gasteiger partial charge in [0.05, 0.1) is 28.5 Å². The second-order valence-corrected chi connectivity index (χ2v) is 7.51. The number of rotatable bonds is 3. The Bertz CT molecular complexity index is 788. The van der Waals surface area contributed by atoms with Crippen LogP contribution in [-0.2, 0) is 15.5 Å². The molecule has 3 rings (SSSR count). The molecule has 1 fully saturated rings. The van der Waals surface area contributed by atoms with Gasteiger partial charge in [-0.25, -0.2) is 0 Å². The Balaban J connectivity index is 2.07. The molecule has 1 aromatic carbocycles. The minimum Gasteiger partial charge on any atom is -0.399 e. The number of nitrogens with zero attached hydrogens (tertiary/aromatic N) is 1. The van der Waals surface area contributed by atoms with Crippen LogP contribution in [0.15, 0.2) is 18.3 Å². The van der Waals surface area contributed by atoms with Crippen LogP contribution in [0, 0.1) is 12.8 Å². The van der Waals surface area contributed by atoms with Crippen LogP contribution in [0.5, 0.6) is 0 Å². The lowest BCUT2D eigenvalue weighted by Crippen LogP contribution is -2.45. The first-order valence-corrected chi connectivity index (χ1v) is 8.16. The molecule has 25 heavy (non-hydrogen) atoms. The van der Waals surface area contributed by atoms with Gasteiger partial charge in [0.15, 0.2) is 0 Å². The average Bonchev–Trinajstić information content (AvgIpc) is 2.99. The van der Waals surface area contributed by atoms with E-state index < -0.39 is 30.1 Å². The number of halogens is 3. The largest absolute Gasteiger partial charge is 0.495 e. The van der Waals surface area contributed by atoms with Gasteiger partial charge in [-0.2, -0.15) is 24.2 Å². The summed E-state index contributed by atoms with van der Waals surface area (Å²) in [4.78, 5) is 0. The van der Waals surface area contributed by atoms with Crippen LogP contribution < -0.4 is 5.46 Å². The number of alkyl halides is 3. The van der Waals surface area contributed by atoms with Crippen LogP contribution in [-0.4, -0.2) is 28.5 Å². The molecule has 1 aliphatic rings. The van der Waals surface area contributed by atoms with Gasteiger partial charge in [0.25, 0.3) is 0 Å². The minimum absolute atomic E-state index is 0.113. The van der Waals surface area contributed by atoms with Crippen LogP contribution in [0.3, 0.4) is 0 Å². The highest BCUT2D eigenvalue weighted by molar-refractivity contribution is 6.65. The van der Waals surface area contributed by atoms with E-state index in [1.807, 2.05) is 27.7 Å². The van der Waals surface area contributed by atoms with Crippen molar-refractivity contribution < 1.29 is 22.5 Å². The lowest BCUT2D eigenvalue weighted by Gasteiger charge is -2.39. The van der Waals surface area contributed by atoms with Gasteiger partial charge in [0.1, 0.15) is 0 Å². The Labute approximate surface area is 145 Å². The van der Waals surface area contributed by atoms with Gasteiger partial charge in [-0.3, -0.25) is 5.10 Å². The molecule has 4 nitrogen and oxygen atoms in total. The lowest BCUT2D eigenvalue weighted by molar-refractivity contribution is -0.137. The fourth-order valence-corrected chi connectivity index (χ4v) is 3.32. The number of aromatic amines is 1. The molecule has 2 atom stereocenters. The molecule has 136 valence electrons. The third kappa shape index (κ3) is 3.17. The number of fused-ring (bicyclic) bond motifs is 1. The molecule has 0 aliphatic carbocycles. The number of H-pyrrole nitrogens is 1. The summed E-state index contributed by atoms with van der Waals surface area (Å²) in [7, 11) is -0.902. The molecule has 2 heterocycles. The predicted octanol–water partition coefficient (Wildman–Crippen LogP) is 3.72. The first-order valence-electron chi connectivity index (χ1n) is 8.16. The summed E-state index contributed by atoms with van der Waals surface area (Å²) in [6, 6.07) is 2.13. The summed E-state index contributed by atoms with van der Waals surface area (Å²) in [5.41, 5.74) is -1.47. The summed E-state index contributed by atoms with van der Waals surface area (Å²) in [5, 5.41) is 7.02. The number of nitrogens with one attached hydrogen (secondary N) is 1. The van der Waals surface area contributed by atoms with Gasteiger partial charge in [0, 0.05) is 5.39 Å². The van der Waals surface area contributed by atoms with Crippen LogP contribution in [0.2, 0.25) is 0 Å². The average molecular weight is 353 g/mol. The second-order valence-electron chi connectivity index (χ2n) is 7.51. The molecule has 0 saturated carbocycles. The normalized spacial score (nSPS) is 24.9. The summed E-state index contributed by atoms with van der Waals surface area (Å²) >= 11 is 0. The van der Waals surface area contributed by atoms with Crippen LogP contribution >= 0.6 is 0 Å². The second kappa shape index (κ2) is 5.74. The van der Waals surface area contributed by atoms with E-state index in [1.165, 1.54) is 6.20 Å². The van der Waals surface area contributed by atoms with Crippen molar-refractivity contribution in [3.8, 4) is 0 Å². The van der Waals surface area contributed by atoms with Gasteiger partial charge in [0.2, 0.25) is 0 Å². The fraction of sp³-hybridized carbons (Fsp3) is 0.529. The van der Waals surface area contributed by atoms with E-state index in [4.69, 9.17) is 9.31 Å². The zero-order valence-electron chi connectivity index (χ0n) is 14.7. The Morgan fingerprint density at radius 1 is 1.28 bits per heavy atom. The Morgan fingerprint density at radius 2 is 1.96 bits per heavy atom. The van der Waals surface area contributed by atoms with E-state index in [1.54, 1.807) is 0 Å². The monoisotopic (exact) mass is 353 g/mol. The molecule has 1 aliphatic heterocycles. The Morgan fingerprint density at radius 3 is 2.56 bits per heavy atom. The molecule has 0 spiro atoms. The van der Waals surface area contributed by atoms with Gasteiger partial charge in [-0.1, -0.05) is 6.92 Å². The lowest BCUT2D eigenvalue weighted by atomic mass is 9.76. The fourth-order valence-electron chi connectivity index (χ4n) is 3.32. The minimum atomic E-state index is -4.46. The smallest absolute Gasteiger partial charge is 0.399 e. The Hall–Kier alpha value is -1.54. The van der Waals surface area contributed by atoms with Crippen molar-refractivity contribution in [2.45, 2.75) is 51.5 Å². The molecule has 1 N–H and O–H groups in total. The van der Waals surface area contributed by atoms with Crippen molar-refractivity contribution in [2.24, 2.45) is 5.92 Å². The predicted molar refractivity (Wildman–Crippen MR) is 90.3 cm³/mol. The van der Waals surface area contributed by atoms with E-state index in [9.17, 15) is 13.2 Å². The van der Waals surface area contributed by atoms with Gasteiger partial charge in [-0.05, 0) is 44.8 Å². The molecule has 0 bridgehead atoms. The number of hydrogen-bond acceptors (Lipinski definition) is 3. The van der Waals surface area contributed by atoms with Crippen molar-refractivity contribution in [3.63, 3.8) is 0 Å². The maximum atomic E-state index is 13.2. The van der Waals surface area contributed by atoms with E-state index in [0.717, 1.165) is 12.1 Å². The summed E-state index contributed by atoms with van der Waals surface area (Å²) in [5.74, 6) is 0.113. The Kier molecular flexibility index (Phi) is 4.19. The van der Waals surface area contributed by atoms with Crippen molar-refractivity contribution >= 4 is 23.5 Å². The van der Waals surface area contributed by atoms with E-state index >= 15 is 0 Å². The molecule has 8 heteroatoms. The zero-order chi connectivity index (χ0) is 18.6. The zero-order valence-corrected chi connectivity index (χ0v) is 14.7. The highest BCUT2D eigenvalue weighted by Crippen LogP contribution is 2.42. The molecule has 2 unspecified atom stereocenters. The van der Waals surface area contributed by atoms with Gasteiger partial charge in [-0.15, -0.1) is 0 Å². The van der Waals surface area contributed by atoms with Crippen molar-refractivity contribution in [2.75, 3.05) is 0 Å². The maximum Gasteiger partial charge on any atom is 0.495 e. The highest BCUT2D eigenvalue weighted by Gasteiger charge is 2.54. The van der Waals surface area contributed by atoms with Gasteiger partial charge >= 0.3 is 13.3 Å². The van der Waals surface area contributed by atoms with Crippen LogP contribution in [0.4, 0.5) is 13.2 Å². The summed E-state index contributed by atoms with van der Waals surface area (Å²) in [6.07, 6.45) is -2.35. The van der Waals surface area contributed by atoms with Gasteiger partial charge < -0.3 is 16.2 Å². The molecular formula is C17H21BF3N2O2-. The highest BCUT2D eigenvalue weighted by atomic mass is 19.4. The number of aromatic nitrogens is 2. The SMILES string of the molecule is [CH2-]C(C)CC1(C)OB(c2cc(C(F)(F)F)cc3[nH]ncc23)OC1(C)C. The van der Waals surface area contributed by atoms with E-state index in [0.29, 0.717) is 22.8 Å². The maximum absolute atomic E-state index is 13.2. The molecule has 2 aromatic rings. The first-order chi connectivity index (χ1) is 11.4. The van der Waals surface area contributed by atoms with Crippen molar-refractivity contribution in [1.82, 2.24) is 10.2 Å². The van der Waals surface area contributed by atoms with Crippen molar-refractivity contribution in [1.29, 1.82) is 0 Å². The molecule has 1 saturated heterocycles. The molecule has 0 amide bonds. The topological polar surface area (TPSA) is 47.1 Å².